The Balaban J connectivity index is 3.06. The van der Waals surface area contributed by atoms with Crippen LogP contribution in [0.2, 0.25) is 0 Å². The average molecular weight is 313 g/mol. The standard InChI is InChI=1S/C16H27NO5/c1-16(2,3)22-14(13(19)12(17)15(20)21)11(9-18)10-7-5-4-6-8-10/h10,12-14,19H,4-8,17H2,1-3H3,(H,20,21). The van der Waals surface area contributed by atoms with E-state index in [1.807, 2.05) is 5.94 Å². The maximum Gasteiger partial charge on any atom is 0.323 e. The van der Waals surface area contributed by atoms with Gasteiger partial charge in [-0.1, -0.05) is 19.3 Å². The monoisotopic (exact) mass is 313 g/mol. The van der Waals surface area contributed by atoms with Gasteiger partial charge in [0, 0.05) is 5.57 Å². The maximum atomic E-state index is 11.5. The molecule has 22 heavy (non-hydrogen) atoms. The van der Waals surface area contributed by atoms with E-state index in [0.717, 1.165) is 32.1 Å². The first kappa shape index (κ1) is 18.8. The molecule has 4 N–H and O–H groups in total. The average Bonchev–Trinajstić information content (AvgIpc) is 2.45. The summed E-state index contributed by atoms with van der Waals surface area (Å²) >= 11 is 0. The molecule has 0 aromatic carbocycles. The molecule has 0 spiro atoms. The Morgan fingerprint density at radius 3 is 2.23 bits per heavy atom. The predicted molar refractivity (Wildman–Crippen MR) is 82.0 cm³/mol. The van der Waals surface area contributed by atoms with E-state index in [0.29, 0.717) is 5.57 Å². The van der Waals surface area contributed by atoms with Crippen LogP contribution in [0.3, 0.4) is 0 Å². The molecule has 0 radical (unpaired) electrons. The molecule has 1 fully saturated rings. The van der Waals surface area contributed by atoms with Gasteiger partial charge in [0.25, 0.3) is 0 Å². The number of carboxylic acid groups (broad SMARTS) is 1. The van der Waals surface area contributed by atoms with Gasteiger partial charge in [0.05, 0.1) is 5.60 Å². The molecule has 0 heterocycles. The van der Waals surface area contributed by atoms with E-state index in [1.54, 1.807) is 20.8 Å². The highest BCUT2D eigenvalue weighted by Crippen LogP contribution is 2.33. The van der Waals surface area contributed by atoms with Crippen molar-refractivity contribution in [3.63, 3.8) is 0 Å². The van der Waals surface area contributed by atoms with Crippen LogP contribution in [0.1, 0.15) is 52.9 Å². The fraction of sp³-hybridized carbons (Fsp3) is 0.812. The van der Waals surface area contributed by atoms with Crippen LogP contribution in [0, 0.1) is 5.92 Å². The van der Waals surface area contributed by atoms with Gasteiger partial charge in [-0.2, -0.15) is 0 Å². The Labute approximate surface area is 131 Å². The third-order valence-corrected chi connectivity index (χ3v) is 3.91. The lowest BCUT2D eigenvalue weighted by molar-refractivity contribution is -0.148. The van der Waals surface area contributed by atoms with Gasteiger partial charge in [-0.15, -0.1) is 0 Å². The van der Waals surface area contributed by atoms with Gasteiger partial charge in [0.1, 0.15) is 24.2 Å². The lowest BCUT2D eigenvalue weighted by Crippen LogP contribution is -2.52. The fourth-order valence-electron chi connectivity index (χ4n) is 2.82. The van der Waals surface area contributed by atoms with Crippen molar-refractivity contribution in [3.05, 3.63) is 5.57 Å². The number of aliphatic hydroxyl groups is 1. The summed E-state index contributed by atoms with van der Waals surface area (Å²) in [6.07, 6.45) is 2.22. The first-order valence-electron chi connectivity index (χ1n) is 7.76. The van der Waals surface area contributed by atoms with Crippen LogP contribution in [0.4, 0.5) is 0 Å². The maximum absolute atomic E-state index is 11.5. The summed E-state index contributed by atoms with van der Waals surface area (Å²) in [5.41, 5.74) is 5.18. The highest BCUT2D eigenvalue weighted by Gasteiger charge is 2.39. The number of aliphatic hydroxyl groups excluding tert-OH is 1. The molecule has 0 aromatic rings. The minimum Gasteiger partial charge on any atom is -0.480 e. The van der Waals surface area contributed by atoms with Crippen molar-refractivity contribution in [3.8, 4) is 0 Å². The van der Waals surface area contributed by atoms with Gasteiger partial charge < -0.3 is 20.7 Å². The summed E-state index contributed by atoms with van der Waals surface area (Å²) in [6.45, 7) is 5.34. The number of carboxylic acids is 1. The second-order valence-electron chi connectivity index (χ2n) is 6.90. The molecule has 1 saturated carbocycles. The molecule has 0 bridgehead atoms. The van der Waals surface area contributed by atoms with Gasteiger partial charge in [0.15, 0.2) is 0 Å². The third kappa shape index (κ3) is 5.21. The van der Waals surface area contributed by atoms with E-state index in [4.69, 9.17) is 15.6 Å². The molecule has 1 rings (SSSR count). The molecule has 0 amide bonds. The summed E-state index contributed by atoms with van der Waals surface area (Å²) in [5.74, 6) is 0.540. The number of aliphatic carboxylic acids is 1. The Kier molecular flexibility index (Phi) is 6.75. The summed E-state index contributed by atoms with van der Waals surface area (Å²) < 4.78 is 5.78. The highest BCUT2D eigenvalue weighted by molar-refractivity contribution is 5.74. The number of hydrogen-bond donors (Lipinski definition) is 3. The number of ether oxygens (including phenoxy) is 1. The molecular weight excluding hydrogens is 286 g/mol. The Morgan fingerprint density at radius 2 is 1.82 bits per heavy atom. The van der Waals surface area contributed by atoms with Crippen molar-refractivity contribution in [1.29, 1.82) is 0 Å². The lowest BCUT2D eigenvalue weighted by atomic mass is 9.80. The third-order valence-electron chi connectivity index (χ3n) is 3.91. The van der Waals surface area contributed by atoms with Crippen LogP contribution in [0.25, 0.3) is 0 Å². The van der Waals surface area contributed by atoms with Gasteiger partial charge in [-0.05, 0) is 39.5 Å². The molecule has 3 unspecified atom stereocenters. The van der Waals surface area contributed by atoms with E-state index in [9.17, 15) is 14.7 Å². The number of nitrogens with two attached hydrogens (primary N) is 1. The number of carbonyl (C=O) groups excluding carboxylic acids is 1. The van der Waals surface area contributed by atoms with E-state index in [1.165, 1.54) is 0 Å². The Bertz CT molecular complexity index is 430. The summed E-state index contributed by atoms with van der Waals surface area (Å²) in [4.78, 5) is 22.5. The molecule has 0 aromatic heterocycles. The molecule has 0 aliphatic heterocycles. The fourth-order valence-corrected chi connectivity index (χ4v) is 2.82. The molecule has 0 saturated heterocycles. The number of rotatable bonds is 6. The number of carbonyl (C=O) groups is 1. The first-order valence-corrected chi connectivity index (χ1v) is 7.76. The van der Waals surface area contributed by atoms with Crippen LogP contribution in [-0.2, 0) is 14.3 Å². The van der Waals surface area contributed by atoms with Gasteiger partial charge >= 0.3 is 5.97 Å². The SMILES string of the molecule is CC(C)(C)OC(C(=C=O)C1CCCCC1)C(O)C(N)C(=O)O. The van der Waals surface area contributed by atoms with Crippen molar-refractivity contribution in [2.75, 3.05) is 0 Å². The van der Waals surface area contributed by atoms with Gasteiger partial charge in [0.2, 0.25) is 0 Å². The quantitative estimate of drug-likeness (QED) is 0.637. The van der Waals surface area contributed by atoms with Gasteiger partial charge in [-0.3, -0.25) is 4.79 Å². The van der Waals surface area contributed by atoms with Crippen LogP contribution in [0.5, 0.6) is 0 Å². The highest BCUT2D eigenvalue weighted by atomic mass is 16.5. The summed E-state index contributed by atoms with van der Waals surface area (Å²) in [6, 6.07) is -1.51. The van der Waals surface area contributed by atoms with Crippen LogP contribution < -0.4 is 5.73 Å². The summed E-state index contributed by atoms with van der Waals surface area (Å²) in [5, 5.41) is 19.3. The van der Waals surface area contributed by atoms with Crippen LogP contribution >= 0.6 is 0 Å². The van der Waals surface area contributed by atoms with E-state index in [-0.39, 0.29) is 5.92 Å². The largest absolute Gasteiger partial charge is 0.480 e. The smallest absolute Gasteiger partial charge is 0.323 e. The predicted octanol–water partition coefficient (Wildman–Crippen LogP) is 1.28. The molecule has 3 atom stereocenters. The zero-order valence-electron chi connectivity index (χ0n) is 13.5. The van der Waals surface area contributed by atoms with E-state index in [2.05, 4.69) is 0 Å². The molecule has 6 nitrogen and oxygen atoms in total. The molecule has 126 valence electrons. The topological polar surface area (TPSA) is 110 Å². The number of hydrogen-bond acceptors (Lipinski definition) is 5. The normalized spacial score (nSPS) is 20.8. The molecule has 1 aliphatic rings. The second-order valence-corrected chi connectivity index (χ2v) is 6.90. The first-order chi connectivity index (χ1) is 10.2. The zero-order chi connectivity index (χ0) is 16.9. The summed E-state index contributed by atoms with van der Waals surface area (Å²) in [7, 11) is 0. The minimum absolute atomic E-state index is 0.0331. The van der Waals surface area contributed by atoms with Crippen molar-refractivity contribution in [2.24, 2.45) is 11.7 Å². The molecular formula is C16H27NO5. The lowest BCUT2D eigenvalue weighted by Gasteiger charge is -2.35. The Hall–Kier alpha value is -1.20. The van der Waals surface area contributed by atoms with Crippen LogP contribution in [-0.4, -0.2) is 46.0 Å². The zero-order valence-corrected chi connectivity index (χ0v) is 13.5. The molecule has 6 heteroatoms. The molecule has 1 aliphatic carbocycles. The van der Waals surface area contributed by atoms with Crippen molar-refractivity contribution in [1.82, 2.24) is 0 Å². The minimum atomic E-state index is -1.51. The second kappa shape index (κ2) is 7.88. The van der Waals surface area contributed by atoms with Crippen molar-refractivity contribution < 1.29 is 24.5 Å². The van der Waals surface area contributed by atoms with E-state index < -0.39 is 29.8 Å². The van der Waals surface area contributed by atoms with Crippen molar-refractivity contribution >= 4 is 11.9 Å². The van der Waals surface area contributed by atoms with Crippen LogP contribution in [0.15, 0.2) is 5.57 Å². The van der Waals surface area contributed by atoms with Gasteiger partial charge in [-0.25, -0.2) is 4.79 Å². The van der Waals surface area contributed by atoms with Crippen molar-refractivity contribution in [2.45, 2.75) is 76.7 Å². The Morgan fingerprint density at radius 1 is 1.27 bits per heavy atom. The van der Waals surface area contributed by atoms with E-state index >= 15 is 0 Å².